The van der Waals surface area contributed by atoms with Crippen LogP contribution in [0.5, 0.6) is 0 Å². The molecule has 1 heterocycles. The summed E-state index contributed by atoms with van der Waals surface area (Å²) in [6.07, 6.45) is 5.19. The second kappa shape index (κ2) is 5.45. The summed E-state index contributed by atoms with van der Waals surface area (Å²) in [5.41, 5.74) is -0.362. The number of carbonyl (C=O) groups excluding carboxylic acids is 1. The van der Waals surface area contributed by atoms with Gasteiger partial charge in [-0.2, -0.15) is 5.10 Å². The molecule has 0 spiro atoms. The van der Waals surface area contributed by atoms with Crippen molar-refractivity contribution in [1.29, 1.82) is 0 Å². The van der Waals surface area contributed by atoms with Crippen molar-refractivity contribution in [3.63, 3.8) is 0 Å². The van der Waals surface area contributed by atoms with Crippen LogP contribution in [0.15, 0.2) is 12.3 Å². The molecule has 4 nitrogen and oxygen atoms in total. The number of nitrogens with zero attached hydrogens (tertiary/aromatic N) is 2. The minimum atomic E-state index is -1.12. The number of rotatable bonds is 4. The molecule has 0 saturated heterocycles. The Morgan fingerprint density at radius 2 is 2.16 bits per heavy atom. The molecule has 0 amide bonds. The molecule has 0 atom stereocenters. The van der Waals surface area contributed by atoms with E-state index in [1.165, 1.54) is 0 Å². The molecule has 106 valence electrons. The van der Waals surface area contributed by atoms with Crippen molar-refractivity contribution in [2.45, 2.75) is 64.5 Å². The molecule has 1 aliphatic rings. The molecule has 1 fully saturated rings. The number of aromatic nitrogens is 2. The minimum Gasteiger partial charge on any atom is -0.382 e. The van der Waals surface area contributed by atoms with E-state index < -0.39 is 5.60 Å². The average Bonchev–Trinajstić information content (AvgIpc) is 2.82. The van der Waals surface area contributed by atoms with Crippen LogP contribution in [0.3, 0.4) is 0 Å². The maximum absolute atomic E-state index is 12.3. The molecule has 0 aliphatic heterocycles. The van der Waals surface area contributed by atoms with Gasteiger partial charge in [-0.25, -0.2) is 0 Å². The van der Waals surface area contributed by atoms with Crippen molar-refractivity contribution in [3.05, 3.63) is 18.0 Å². The van der Waals surface area contributed by atoms with Crippen molar-refractivity contribution in [2.24, 2.45) is 5.92 Å². The number of hydrogen-bond donors (Lipinski definition) is 1. The molecule has 19 heavy (non-hydrogen) atoms. The van der Waals surface area contributed by atoms with E-state index in [0.29, 0.717) is 24.8 Å². The highest BCUT2D eigenvalue weighted by molar-refractivity contribution is 5.88. The molecule has 4 heteroatoms. The highest BCUT2D eigenvalue weighted by atomic mass is 16.3. The molecular formula is C15H24N2O2. The van der Waals surface area contributed by atoms with Crippen LogP contribution in [0.2, 0.25) is 0 Å². The van der Waals surface area contributed by atoms with Crippen LogP contribution < -0.4 is 0 Å². The first-order chi connectivity index (χ1) is 8.90. The lowest BCUT2D eigenvalue weighted by molar-refractivity contribution is -0.140. The van der Waals surface area contributed by atoms with Gasteiger partial charge in [0.1, 0.15) is 5.60 Å². The molecule has 0 aromatic carbocycles. The molecule has 1 aromatic heterocycles. The van der Waals surface area contributed by atoms with Gasteiger partial charge in [0.2, 0.25) is 0 Å². The van der Waals surface area contributed by atoms with Crippen LogP contribution in [-0.4, -0.2) is 26.3 Å². The van der Waals surface area contributed by atoms with E-state index in [9.17, 15) is 9.90 Å². The zero-order chi connectivity index (χ0) is 14.0. The lowest BCUT2D eigenvalue weighted by Crippen LogP contribution is -2.42. The predicted octanol–water partition coefficient (Wildman–Crippen LogP) is 2.52. The first-order valence-electron chi connectivity index (χ1n) is 7.20. The SMILES string of the molecule is CC1CCC(O)(C(=O)Cc2ccn(C(C)C)n2)CC1. The third-order valence-electron chi connectivity index (χ3n) is 4.15. The smallest absolute Gasteiger partial charge is 0.170 e. The Morgan fingerprint density at radius 1 is 1.53 bits per heavy atom. The van der Waals surface area contributed by atoms with Gasteiger partial charge in [-0.3, -0.25) is 9.48 Å². The third kappa shape index (κ3) is 3.24. The molecule has 1 N–H and O–H groups in total. The lowest BCUT2D eigenvalue weighted by Gasteiger charge is -2.33. The van der Waals surface area contributed by atoms with Crippen molar-refractivity contribution in [1.82, 2.24) is 9.78 Å². The second-order valence-electron chi connectivity index (χ2n) is 6.19. The normalized spacial score (nSPS) is 27.7. The van der Waals surface area contributed by atoms with Crippen molar-refractivity contribution >= 4 is 5.78 Å². The fraction of sp³-hybridized carbons (Fsp3) is 0.733. The molecule has 0 bridgehead atoms. The van der Waals surface area contributed by atoms with Gasteiger partial charge in [-0.05, 0) is 51.5 Å². The first-order valence-corrected chi connectivity index (χ1v) is 7.20. The number of aliphatic hydroxyl groups is 1. The van der Waals surface area contributed by atoms with Crippen molar-refractivity contribution in [2.75, 3.05) is 0 Å². The molecular weight excluding hydrogens is 240 g/mol. The number of carbonyl (C=O) groups is 1. The molecule has 0 unspecified atom stereocenters. The van der Waals surface area contributed by atoms with E-state index in [2.05, 4.69) is 25.9 Å². The zero-order valence-corrected chi connectivity index (χ0v) is 12.1. The van der Waals surface area contributed by atoms with E-state index in [4.69, 9.17) is 0 Å². The van der Waals surface area contributed by atoms with Gasteiger partial charge in [0, 0.05) is 12.2 Å². The van der Waals surface area contributed by atoms with Gasteiger partial charge in [0.05, 0.1) is 12.1 Å². The van der Waals surface area contributed by atoms with Crippen molar-refractivity contribution in [3.8, 4) is 0 Å². The summed E-state index contributed by atoms with van der Waals surface area (Å²) in [5.74, 6) is 0.543. The van der Waals surface area contributed by atoms with Gasteiger partial charge in [0.15, 0.2) is 5.78 Å². The van der Waals surface area contributed by atoms with Gasteiger partial charge in [0.25, 0.3) is 0 Å². The number of hydrogen-bond acceptors (Lipinski definition) is 3. The Kier molecular flexibility index (Phi) is 4.09. The fourth-order valence-electron chi connectivity index (χ4n) is 2.61. The monoisotopic (exact) mass is 264 g/mol. The van der Waals surface area contributed by atoms with Crippen LogP contribution >= 0.6 is 0 Å². The predicted molar refractivity (Wildman–Crippen MR) is 73.9 cm³/mol. The Balaban J connectivity index is 2.00. The summed E-state index contributed by atoms with van der Waals surface area (Å²) >= 11 is 0. The second-order valence-corrected chi connectivity index (χ2v) is 6.19. The Hall–Kier alpha value is -1.16. The Bertz CT molecular complexity index is 443. The van der Waals surface area contributed by atoms with Crippen LogP contribution in [0, 0.1) is 5.92 Å². The molecule has 0 radical (unpaired) electrons. The van der Waals surface area contributed by atoms with E-state index in [-0.39, 0.29) is 12.2 Å². The van der Waals surface area contributed by atoms with Crippen LogP contribution in [0.25, 0.3) is 0 Å². The van der Waals surface area contributed by atoms with E-state index in [0.717, 1.165) is 18.5 Å². The van der Waals surface area contributed by atoms with Crippen LogP contribution in [-0.2, 0) is 11.2 Å². The van der Waals surface area contributed by atoms with Gasteiger partial charge >= 0.3 is 0 Å². The summed E-state index contributed by atoms with van der Waals surface area (Å²) < 4.78 is 1.84. The Labute approximate surface area is 114 Å². The molecule has 1 aromatic rings. The Morgan fingerprint density at radius 3 is 2.68 bits per heavy atom. The van der Waals surface area contributed by atoms with Crippen LogP contribution in [0.4, 0.5) is 0 Å². The maximum Gasteiger partial charge on any atom is 0.170 e. The number of ketones is 1. The first kappa shape index (κ1) is 14.3. The maximum atomic E-state index is 12.3. The standard InChI is InChI=1S/C15H24N2O2/c1-11(2)17-9-6-13(16-17)10-14(18)15(19)7-4-12(3)5-8-15/h6,9,11-12,19H,4-5,7-8,10H2,1-3H3. The van der Waals surface area contributed by atoms with Gasteiger partial charge in [-0.15, -0.1) is 0 Å². The summed E-state index contributed by atoms with van der Waals surface area (Å²) in [4.78, 5) is 12.3. The van der Waals surface area contributed by atoms with E-state index in [1.54, 1.807) is 0 Å². The highest BCUT2D eigenvalue weighted by Gasteiger charge is 2.38. The van der Waals surface area contributed by atoms with E-state index in [1.807, 2.05) is 16.9 Å². The molecule has 2 rings (SSSR count). The molecule has 1 saturated carbocycles. The lowest BCUT2D eigenvalue weighted by atomic mass is 9.76. The molecule has 1 aliphatic carbocycles. The zero-order valence-electron chi connectivity index (χ0n) is 12.1. The van der Waals surface area contributed by atoms with Gasteiger partial charge < -0.3 is 5.11 Å². The third-order valence-corrected chi connectivity index (χ3v) is 4.15. The van der Waals surface area contributed by atoms with E-state index >= 15 is 0 Å². The van der Waals surface area contributed by atoms with Gasteiger partial charge in [-0.1, -0.05) is 6.92 Å². The average molecular weight is 264 g/mol. The quantitative estimate of drug-likeness (QED) is 0.909. The minimum absolute atomic E-state index is 0.0755. The van der Waals surface area contributed by atoms with Crippen LogP contribution in [0.1, 0.15) is 58.2 Å². The topological polar surface area (TPSA) is 55.1 Å². The summed E-state index contributed by atoms with van der Waals surface area (Å²) in [7, 11) is 0. The number of Topliss-reactive ketones (excluding diaryl/α,β-unsaturated/α-hetero) is 1. The fourth-order valence-corrected chi connectivity index (χ4v) is 2.61. The van der Waals surface area contributed by atoms with Crippen molar-refractivity contribution < 1.29 is 9.90 Å². The summed E-state index contributed by atoms with van der Waals surface area (Å²) in [6, 6.07) is 2.16. The largest absolute Gasteiger partial charge is 0.382 e. The summed E-state index contributed by atoms with van der Waals surface area (Å²) in [5, 5.41) is 14.8. The highest BCUT2D eigenvalue weighted by Crippen LogP contribution is 2.33. The summed E-state index contributed by atoms with van der Waals surface area (Å²) in [6.45, 7) is 6.28.